The first-order valence-electron chi connectivity index (χ1n) is 25.0. The number of nitrogens with two attached hydrogens (primary N) is 1. The quantitative estimate of drug-likeness (QED) is 0.0233. The number of hydrogen-bond donors (Lipinski definition) is 9. The highest BCUT2D eigenvalue weighted by Gasteiger charge is 2.50. The van der Waals surface area contributed by atoms with E-state index in [1.807, 2.05) is 0 Å². The normalized spacial score (nSPS) is 19.3. The van der Waals surface area contributed by atoms with E-state index in [4.69, 9.17) is 23.9 Å². The van der Waals surface area contributed by atoms with Crippen LogP contribution in [0.5, 0.6) is 0 Å². The molecular formula is C45H76N7O18P3S. The van der Waals surface area contributed by atoms with Crippen LogP contribution in [-0.4, -0.2) is 123 Å². The number of aromatic nitrogens is 4. The van der Waals surface area contributed by atoms with E-state index in [-0.39, 0.29) is 41.6 Å². The van der Waals surface area contributed by atoms with Crippen LogP contribution in [0, 0.1) is 19.3 Å². The molecule has 0 radical (unpaired) electrons. The van der Waals surface area contributed by atoms with Crippen molar-refractivity contribution in [2.45, 2.75) is 174 Å². The summed E-state index contributed by atoms with van der Waals surface area (Å²) in [6, 6.07) is 0. The predicted octanol–water partition coefficient (Wildman–Crippen LogP) is 6.14. The molecule has 7 unspecified atom stereocenters. The summed E-state index contributed by atoms with van der Waals surface area (Å²) in [5, 5.41) is 26.7. The van der Waals surface area contributed by atoms with Crippen molar-refractivity contribution >= 4 is 69.1 Å². The van der Waals surface area contributed by atoms with Crippen molar-refractivity contribution in [2.24, 2.45) is 5.41 Å². The average molecular weight is 1130 g/mol. The van der Waals surface area contributed by atoms with E-state index < -0.39 is 84.6 Å². The van der Waals surface area contributed by atoms with Crippen molar-refractivity contribution in [1.82, 2.24) is 30.2 Å². The van der Waals surface area contributed by atoms with Gasteiger partial charge in [-0.2, -0.15) is 4.31 Å². The van der Waals surface area contributed by atoms with Gasteiger partial charge in [0, 0.05) is 49.9 Å². The van der Waals surface area contributed by atoms with Gasteiger partial charge < -0.3 is 55.3 Å². The minimum absolute atomic E-state index is 0.0325. The van der Waals surface area contributed by atoms with Crippen LogP contribution in [0.3, 0.4) is 0 Å². The Bertz CT molecular complexity index is 2420. The first-order chi connectivity index (χ1) is 34.8. The summed E-state index contributed by atoms with van der Waals surface area (Å²) >= 11 is 1.15. The van der Waals surface area contributed by atoms with Gasteiger partial charge in [0.15, 0.2) is 22.8 Å². The van der Waals surface area contributed by atoms with Gasteiger partial charge in [-0.1, -0.05) is 96.7 Å². The first-order valence-corrected chi connectivity index (χ1v) is 30.5. The minimum Gasteiger partial charge on any atom is -0.466 e. The van der Waals surface area contributed by atoms with Gasteiger partial charge in [0.2, 0.25) is 11.8 Å². The summed E-state index contributed by atoms with van der Waals surface area (Å²) in [6.45, 7) is 7.09. The van der Waals surface area contributed by atoms with Gasteiger partial charge in [-0.25, -0.2) is 28.6 Å². The molecule has 4 heterocycles. The number of nitrogens with zero attached hydrogens (tertiary/aromatic N) is 4. The third kappa shape index (κ3) is 21.0. The Morgan fingerprint density at radius 3 is 2.05 bits per heavy atom. The molecule has 3 aromatic heterocycles. The number of furan rings is 1. The Balaban J connectivity index is 1.02. The molecule has 0 aromatic carbocycles. The Kier molecular flexibility index (Phi) is 25.8. The highest BCUT2D eigenvalue weighted by Crippen LogP contribution is 2.61. The van der Waals surface area contributed by atoms with Crippen LogP contribution in [0.1, 0.15) is 146 Å². The molecule has 1 aliphatic rings. The Morgan fingerprint density at radius 1 is 0.838 bits per heavy atom. The SMILES string of the molecule is CCCc1oc(CCCCCCCCCCCCCCC(=O)SCCNC(=O)CCNC(=O)C(O)C(C)(C)COP(=O)(O)OP(=O)(O)OCC2OC(n3cnc4c(N)ncnc43)C(O)C2OP(=O)(O)O)c(C)c1C. The number of aryl methyl sites for hydroxylation is 2. The van der Waals surface area contributed by atoms with Crippen molar-refractivity contribution in [1.29, 1.82) is 0 Å². The number of fused-ring (bicyclic) bond motifs is 1. The van der Waals surface area contributed by atoms with E-state index in [9.17, 15) is 57.9 Å². The number of thioether (sulfide) groups is 1. The fraction of sp³-hybridized carbons (Fsp3) is 0.733. The minimum atomic E-state index is -5.58. The Morgan fingerprint density at radius 2 is 1.43 bits per heavy atom. The number of unbranched alkanes of at least 4 members (excludes halogenated alkanes) is 11. The highest BCUT2D eigenvalue weighted by atomic mass is 32.2. The molecule has 2 amide bonds. The van der Waals surface area contributed by atoms with Crippen LogP contribution in [0.2, 0.25) is 0 Å². The van der Waals surface area contributed by atoms with E-state index in [0.29, 0.717) is 12.2 Å². The number of phosphoric acid groups is 3. The Hall–Kier alpha value is -3.16. The zero-order valence-corrected chi connectivity index (χ0v) is 46.3. The molecule has 25 nitrogen and oxygen atoms in total. The molecule has 0 aliphatic carbocycles. The second-order valence-electron chi connectivity index (χ2n) is 19.0. The monoisotopic (exact) mass is 1130 g/mol. The summed E-state index contributed by atoms with van der Waals surface area (Å²) in [4.78, 5) is 88.6. The number of rotatable bonds is 36. The third-order valence-corrected chi connectivity index (χ3v) is 16.5. The zero-order chi connectivity index (χ0) is 54.7. The number of aliphatic hydroxyl groups excluding tert-OH is 2. The standard InChI is InChI=1S/C45H76N7O18P3S/c1-6-19-32-30(2)31(3)33(67-32)20-17-15-13-11-9-7-8-10-12-14-16-18-21-36(54)74-25-24-47-35(53)22-23-48-43(57)40(56)45(4,5)27-66-73(63,64)70-72(61,62)65-26-34-39(69-71(58,59)60)38(55)44(68-34)52-29-51-37-41(46)49-28-50-42(37)52/h28-29,34,38-40,44,55-56H,6-27H2,1-5H3,(H,47,53)(H,48,57)(H,61,62)(H,63,64)(H2,46,49,50)(H2,58,59,60). The summed E-state index contributed by atoms with van der Waals surface area (Å²) in [5.41, 5.74) is 6.94. The van der Waals surface area contributed by atoms with Crippen LogP contribution in [-0.2, 0) is 63.5 Å². The van der Waals surface area contributed by atoms with E-state index in [1.165, 1.54) is 88.5 Å². The van der Waals surface area contributed by atoms with E-state index in [2.05, 4.69) is 55.2 Å². The van der Waals surface area contributed by atoms with Gasteiger partial charge in [0.25, 0.3) is 0 Å². The molecule has 0 bridgehead atoms. The molecule has 420 valence electrons. The number of imidazole rings is 1. The number of aliphatic hydroxyl groups is 2. The van der Waals surface area contributed by atoms with Crippen molar-refractivity contribution < 1.29 is 84.9 Å². The topological polar surface area (TPSA) is 377 Å². The lowest BCUT2D eigenvalue weighted by Crippen LogP contribution is -2.46. The number of amides is 2. The maximum atomic E-state index is 12.8. The summed E-state index contributed by atoms with van der Waals surface area (Å²) in [5.74, 6) is 1.29. The average Bonchev–Trinajstić information content (AvgIpc) is 3.97. The highest BCUT2D eigenvalue weighted by molar-refractivity contribution is 8.13. The van der Waals surface area contributed by atoms with Crippen molar-refractivity contribution in [3.63, 3.8) is 0 Å². The molecule has 74 heavy (non-hydrogen) atoms. The predicted molar refractivity (Wildman–Crippen MR) is 273 cm³/mol. The molecule has 1 fully saturated rings. The van der Waals surface area contributed by atoms with Gasteiger partial charge in [-0.3, -0.25) is 32.5 Å². The molecule has 3 aromatic rings. The van der Waals surface area contributed by atoms with Crippen LogP contribution in [0.4, 0.5) is 5.82 Å². The van der Waals surface area contributed by atoms with Crippen LogP contribution in [0.25, 0.3) is 11.2 Å². The molecule has 1 saturated heterocycles. The second kappa shape index (κ2) is 30.1. The molecule has 29 heteroatoms. The fourth-order valence-electron chi connectivity index (χ4n) is 8.11. The van der Waals surface area contributed by atoms with E-state index in [0.717, 1.165) is 73.3 Å². The van der Waals surface area contributed by atoms with Gasteiger partial charge in [0.1, 0.15) is 47.8 Å². The number of anilines is 1. The number of phosphoric ester groups is 3. The maximum Gasteiger partial charge on any atom is 0.481 e. The van der Waals surface area contributed by atoms with E-state index >= 15 is 0 Å². The molecule has 1 aliphatic heterocycles. The van der Waals surface area contributed by atoms with Gasteiger partial charge in [0.05, 0.1) is 19.5 Å². The number of carbonyl (C=O) groups excluding carboxylic acids is 3. The van der Waals surface area contributed by atoms with Gasteiger partial charge in [-0.15, -0.1) is 0 Å². The third-order valence-electron chi connectivity index (χ3n) is 12.4. The largest absolute Gasteiger partial charge is 0.481 e. The van der Waals surface area contributed by atoms with Crippen molar-refractivity contribution in [3.8, 4) is 0 Å². The van der Waals surface area contributed by atoms with Crippen LogP contribution < -0.4 is 16.4 Å². The summed E-state index contributed by atoms with van der Waals surface area (Å²) < 4.78 is 68.7. The lowest BCUT2D eigenvalue weighted by atomic mass is 9.87. The zero-order valence-electron chi connectivity index (χ0n) is 42.8. The summed E-state index contributed by atoms with van der Waals surface area (Å²) in [7, 11) is -16.4. The molecular weight excluding hydrogens is 1050 g/mol. The number of nitrogen functional groups attached to an aromatic ring is 1. The summed E-state index contributed by atoms with van der Waals surface area (Å²) in [6.07, 6.45) is 10.8. The first kappa shape index (κ1) is 63.4. The fourth-order valence-corrected chi connectivity index (χ4v) is 11.7. The number of hydrogen-bond acceptors (Lipinski definition) is 19. The number of nitrogens with one attached hydrogen (secondary N) is 2. The molecule has 7 atom stereocenters. The number of carbonyl (C=O) groups is 3. The molecule has 4 rings (SSSR count). The second-order valence-corrected chi connectivity index (χ2v) is 24.4. The molecule has 10 N–H and O–H groups in total. The Labute approximate surface area is 435 Å². The lowest BCUT2D eigenvalue weighted by Gasteiger charge is -2.30. The number of ether oxygens (including phenoxy) is 1. The van der Waals surface area contributed by atoms with Gasteiger partial charge in [-0.05, 0) is 44.2 Å². The molecule has 0 spiro atoms. The molecule has 0 saturated carbocycles. The van der Waals surface area contributed by atoms with Crippen LogP contribution >= 0.6 is 35.2 Å². The lowest BCUT2D eigenvalue weighted by molar-refractivity contribution is -0.137. The van der Waals surface area contributed by atoms with Gasteiger partial charge >= 0.3 is 23.5 Å². The smallest absolute Gasteiger partial charge is 0.466 e. The van der Waals surface area contributed by atoms with Crippen molar-refractivity contribution in [2.75, 3.05) is 37.8 Å². The van der Waals surface area contributed by atoms with Crippen LogP contribution in [0.15, 0.2) is 17.1 Å². The van der Waals surface area contributed by atoms with E-state index in [1.54, 1.807) is 0 Å². The van der Waals surface area contributed by atoms with Crippen molar-refractivity contribution in [3.05, 3.63) is 35.3 Å². The maximum absolute atomic E-state index is 12.8.